The molecule has 0 bridgehead atoms. The van der Waals surface area contributed by atoms with Gasteiger partial charge < -0.3 is 0 Å². The van der Waals surface area contributed by atoms with Crippen molar-refractivity contribution in [3.8, 4) is 6.07 Å². The highest BCUT2D eigenvalue weighted by Gasteiger charge is 2.22. The number of benzene rings is 1. The molecule has 86 valence electrons. The van der Waals surface area contributed by atoms with E-state index in [4.69, 9.17) is 23.2 Å². The molecule has 0 aliphatic heterocycles. The summed E-state index contributed by atoms with van der Waals surface area (Å²) in [5.41, 5.74) is 0.891. The normalized spacial score (nSPS) is 12.5. The molecule has 0 aromatic heterocycles. The Morgan fingerprint density at radius 1 is 1.25 bits per heavy atom. The van der Waals surface area contributed by atoms with E-state index in [9.17, 15) is 5.26 Å². The van der Waals surface area contributed by atoms with Gasteiger partial charge in [-0.05, 0) is 23.6 Å². The average molecular weight is 256 g/mol. The van der Waals surface area contributed by atoms with Gasteiger partial charge in [0.2, 0.25) is 0 Å². The van der Waals surface area contributed by atoms with Crippen molar-refractivity contribution in [3.05, 3.63) is 33.8 Å². The molecule has 0 amide bonds. The summed E-state index contributed by atoms with van der Waals surface area (Å²) in [6.45, 7) is 4.20. The lowest BCUT2D eigenvalue weighted by molar-refractivity contribution is 0.453. The molecule has 0 saturated carbocycles. The molecule has 3 heteroatoms. The molecule has 0 radical (unpaired) electrons. The number of hydrogen-bond donors (Lipinski definition) is 0. The van der Waals surface area contributed by atoms with E-state index in [1.807, 2.05) is 6.07 Å². The average Bonchev–Trinajstić information content (AvgIpc) is 2.27. The molecule has 1 aromatic rings. The lowest BCUT2D eigenvalue weighted by Crippen LogP contribution is -2.10. The molecular formula is C13H15Cl2N. The summed E-state index contributed by atoms with van der Waals surface area (Å²) in [6, 6.07) is 7.70. The fourth-order valence-electron chi connectivity index (χ4n) is 1.94. The van der Waals surface area contributed by atoms with Gasteiger partial charge in [0, 0.05) is 10.0 Å². The van der Waals surface area contributed by atoms with E-state index < -0.39 is 0 Å². The van der Waals surface area contributed by atoms with E-state index in [0.717, 1.165) is 18.4 Å². The molecule has 0 aliphatic carbocycles. The predicted molar refractivity (Wildman–Crippen MR) is 68.9 cm³/mol. The van der Waals surface area contributed by atoms with Crippen molar-refractivity contribution in [2.75, 3.05) is 0 Å². The monoisotopic (exact) mass is 255 g/mol. The summed E-state index contributed by atoms with van der Waals surface area (Å²) in [5.74, 6) is 0.212. The molecule has 0 fully saturated rings. The van der Waals surface area contributed by atoms with Crippen LogP contribution in [0.4, 0.5) is 0 Å². The van der Waals surface area contributed by atoms with Crippen LogP contribution in [0.15, 0.2) is 18.2 Å². The summed E-state index contributed by atoms with van der Waals surface area (Å²) in [5, 5.41) is 10.5. The first-order chi connectivity index (χ1) is 7.63. The summed E-state index contributed by atoms with van der Waals surface area (Å²) in [7, 11) is 0. The molecular weight excluding hydrogens is 241 g/mol. The topological polar surface area (TPSA) is 23.8 Å². The van der Waals surface area contributed by atoms with Crippen molar-refractivity contribution < 1.29 is 0 Å². The van der Waals surface area contributed by atoms with E-state index in [-0.39, 0.29) is 5.92 Å². The molecule has 16 heavy (non-hydrogen) atoms. The Labute approximate surface area is 107 Å². The molecule has 1 unspecified atom stereocenters. The molecule has 0 N–H and O–H groups in total. The smallest absolute Gasteiger partial charge is 0.0755 e. The molecule has 1 nitrogen and oxygen atoms in total. The number of rotatable bonds is 4. The minimum atomic E-state index is -0.139. The van der Waals surface area contributed by atoms with Crippen LogP contribution in [-0.2, 0) is 0 Å². The Kier molecular flexibility index (Phi) is 5.12. The second-order valence-electron chi connectivity index (χ2n) is 3.85. The van der Waals surface area contributed by atoms with Crippen molar-refractivity contribution in [3.63, 3.8) is 0 Å². The highest BCUT2D eigenvalue weighted by atomic mass is 35.5. The maximum Gasteiger partial charge on any atom is 0.0755 e. The van der Waals surface area contributed by atoms with Crippen LogP contribution in [0.25, 0.3) is 0 Å². The van der Waals surface area contributed by atoms with Crippen LogP contribution in [-0.4, -0.2) is 0 Å². The molecule has 1 rings (SSSR count). The van der Waals surface area contributed by atoms with Gasteiger partial charge >= 0.3 is 0 Å². The van der Waals surface area contributed by atoms with E-state index in [0.29, 0.717) is 16.0 Å². The van der Waals surface area contributed by atoms with Gasteiger partial charge in [0.25, 0.3) is 0 Å². The second kappa shape index (κ2) is 6.13. The van der Waals surface area contributed by atoms with Gasteiger partial charge in [0.1, 0.15) is 0 Å². The third-order valence-corrected chi connectivity index (χ3v) is 3.52. The van der Waals surface area contributed by atoms with Gasteiger partial charge in [0.15, 0.2) is 0 Å². The summed E-state index contributed by atoms with van der Waals surface area (Å²) in [4.78, 5) is 0. The van der Waals surface area contributed by atoms with Gasteiger partial charge in [-0.2, -0.15) is 5.26 Å². The van der Waals surface area contributed by atoms with Crippen LogP contribution in [0.3, 0.4) is 0 Å². The van der Waals surface area contributed by atoms with Crippen LogP contribution < -0.4 is 0 Å². The molecule has 1 atom stereocenters. The van der Waals surface area contributed by atoms with E-state index >= 15 is 0 Å². The summed E-state index contributed by atoms with van der Waals surface area (Å²) < 4.78 is 0. The predicted octanol–water partition coefficient (Wildman–Crippen LogP) is 5.04. The first kappa shape index (κ1) is 13.4. The second-order valence-corrected chi connectivity index (χ2v) is 4.69. The lowest BCUT2D eigenvalue weighted by Gasteiger charge is -2.20. The van der Waals surface area contributed by atoms with Crippen molar-refractivity contribution in [2.24, 2.45) is 5.92 Å². The Bertz CT molecular complexity index is 391. The number of halogens is 2. The van der Waals surface area contributed by atoms with Crippen molar-refractivity contribution in [1.29, 1.82) is 5.26 Å². The lowest BCUT2D eigenvalue weighted by atomic mass is 9.84. The van der Waals surface area contributed by atoms with Crippen LogP contribution in [0.2, 0.25) is 10.0 Å². The summed E-state index contributed by atoms with van der Waals surface area (Å²) >= 11 is 12.0. The highest BCUT2D eigenvalue weighted by molar-refractivity contribution is 6.35. The minimum absolute atomic E-state index is 0.139. The van der Waals surface area contributed by atoms with Crippen molar-refractivity contribution in [2.45, 2.75) is 32.6 Å². The maximum atomic E-state index is 9.26. The van der Waals surface area contributed by atoms with Crippen LogP contribution in [0.5, 0.6) is 0 Å². The fourth-order valence-corrected chi connectivity index (χ4v) is 2.47. The third-order valence-electron chi connectivity index (χ3n) is 2.96. The molecule has 1 aromatic carbocycles. The quantitative estimate of drug-likeness (QED) is 0.740. The van der Waals surface area contributed by atoms with E-state index in [2.05, 4.69) is 19.9 Å². The number of hydrogen-bond acceptors (Lipinski definition) is 1. The van der Waals surface area contributed by atoms with Gasteiger partial charge in [-0.15, -0.1) is 0 Å². The molecule has 0 aliphatic rings. The Hall–Kier alpha value is -0.710. The number of nitriles is 1. The molecule has 0 spiro atoms. The Morgan fingerprint density at radius 2 is 1.88 bits per heavy atom. The van der Waals surface area contributed by atoms with Gasteiger partial charge in [0.05, 0.1) is 12.0 Å². The van der Waals surface area contributed by atoms with Gasteiger partial charge in [-0.25, -0.2) is 0 Å². The number of nitrogens with zero attached hydrogens (tertiary/aromatic N) is 1. The zero-order chi connectivity index (χ0) is 12.1. The van der Waals surface area contributed by atoms with Crippen molar-refractivity contribution >= 4 is 23.2 Å². The van der Waals surface area contributed by atoms with Crippen LogP contribution >= 0.6 is 23.2 Å². The molecule has 0 heterocycles. The zero-order valence-electron chi connectivity index (χ0n) is 9.50. The largest absolute Gasteiger partial charge is 0.198 e. The first-order valence-electron chi connectivity index (χ1n) is 5.48. The van der Waals surface area contributed by atoms with Crippen LogP contribution in [0.1, 0.15) is 38.2 Å². The maximum absolute atomic E-state index is 9.26. The summed E-state index contributed by atoms with van der Waals surface area (Å²) in [6.07, 6.45) is 1.96. The fraction of sp³-hybridized carbons (Fsp3) is 0.462. The van der Waals surface area contributed by atoms with Crippen LogP contribution in [0, 0.1) is 17.2 Å². The Balaban J connectivity index is 3.09. The van der Waals surface area contributed by atoms with E-state index in [1.165, 1.54) is 0 Å². The van der Waals surface area contributed by atoms with Crippen molar-refractivity contribution in [1.82, 2.24) is 0 Å². The Morgan fingerprint density at radius 3 is 2.31 bits per heavy atom. The van der Waals surface area contributed by atoms with Gasteiger partial charge in [-0.1, -0.05) is 56.0 Å². The first-order valence-corrected chi connectivity index (χ1v) is 6.24. The van der Waals surface area contributed by atoms with E-state index in [1.54, 1.807) is 12.1 Å². The van der Waals surface area contributed by atoms with Gasteiger partial charge in [-0.3, -0.25) is 0 Å². The zero-order valence-corrected chi connectivity index (χ0v) is 11.0. The standard InChI is InChI=1S/C13H15Cl2N/c1-3-9(4-2)12(8-16)11-6-5-10(14)7-13(11)15/h5-7,9,12H,3-4H2,1-2H3. The molecule has 0 saturated heterocycles. The minimum Gasteiger partial charge on any atom is -0.198 e. The SMILES string of the molecule is CCC(CC)C(C#N)c1ccc(Cl)cc1Cl. The highest BCUT2D eigenvalue weighted by Crippen LogP contribution is 2.34. The third kappa shape index (κ3) is 2.90.